The van der Waals surface area contributed by atoms with Crippen molar-refractivity contribution in [1.82, 2.24) is 9.78 Å². The average Bonchev–Trinajstić information content (AvgIpc) is 2.76. The first-order valence-corrected chi connectivity index (χ1v) is 6.84. The number of aromatic carboxylic acids is 1. The number of aromatic nitrogens is 2. The predicted octanol–water partition coefficient (Wildman–Crippen LogP) is 3.79. The number of carboxylic acid groups (broad SMARTS) is 1. The summed E-state index contributed by atoms with van der Waals surface area (Å²) < 4.78 is 2.44. The number of hydrogen-bond acceptors (Lipinski definition) is 2. The van der Waals surface area contributed by atoms with Gasteiger partial charge in [0.05, 0.1) is 16.8 Å². The molecule has 5 heteroatoms. The van der Waals surface area contributed by atoms with Crippen molar-refractivity contribution in [3.8, 4) is 5.69 Å². The van der Waals surface area contributed by atoms with Gasteiger partial charge >= 0.3 is 5.97 Å². The monoisotopic (exact) mass is 330 g/mol. The maximum atomic E-state index is 11.1. The van der Waals surface area contributed by atoms with E-state index in [-0.39, 0.29) is 5.56 Å². The molecule has 0 fully saturated rings. The number of benzene rings is 2. The third-order valence-corrected chi connectivity index (χ3v) is 3.75. The number of halogens is 1. The van der Waals surface area contributed by atoms with Crippen molar-refractivity contribution in [3.05, 3.63) is 58.2 Å². The van der Waals surface area contributed by atoms with Crippen LogP contribution in [0.25, 0.3) is 16.6 Å². The second kappa shape index (κ2) is 4.76. The Balaban J connectivity index is 2.27. The molecule has 0 radical (unpaired) electrons. The minimum atomic E-state index is -0.945. The van der Waals surface area contributed by atoms with Crippen LogP contribution in [0.1, 0.15) is 15.9 Å². The second-order valence-corrected chi connectivity index (χ2v) is 5.33. The van der Waals surface area contributed by atoms with E-state index in [2.05, 4.69) is 21.0 Å². The Morgan fingerprint density at radius 1 is 1.20 bits per heavy atom. The number of rotatable bonds is 2. The number of fused-ring (bicyclic) bond motifs is 1. The van der Waals surface area contributed by atoms with Crippen LogP contribution in [0, 0.1) is 6.92 Å². The van der Waals surface area contributed by atoms with Crippen molar-refractivity contribution in [2.24, 2.45) is 0 Å². The molecule has 0 spiro atoms. The van der Waals surface area contributed by atoms with Crippen LogP contribution in [-0.4, -0.2) is 20.9 Å². The molecule has 3 rings (SSSR count). The van der Waals surface area contributed by atoms with Gasteiger partial charge in [-0.3, -0.25) is 0 Å². The lowest BCUT2D eigenvalue weighted by atomic mass is 10.1. The fourth-order valence-corrected chi connectivity index (χ4v) is 2.59. The molecule has 3 aromatic rings. The van der Waals surface area contributed by atoms with Crippen LogP contribution in [0.2, 0.25) is 0 Å². The molecule has 1 heterocycles. The van der Waals surface area contributed by atoms with Crippen molar-refractivity contribution in [2.45, 2.75) is 6.92 Å². The van der Waals surface area contributed by atoms with Crippen molar-refractivity contribution >= 4 is 32.8 Å². The van der Waals surface area contributed by atoms with Gasteiger partial charge in [0.2, 0.25) is 0 Å². The number of carboxylic acids is 1. The average molecular weight is 331 g/mol. The summed E-state index contributed by atoms with van der Waals surface area (Å²) in [5.74, 6) is -0.945. The Bertz CT molecular complexity index is 807. The first kappa shape index (κ1) is 12.9. The summed E-state index contributed by atoms with van der Waals surface area (Å²) >= 11 is 3.41. The molecule has 20 heavy (non-hydrogen) atoms. The number of carbonyl (C=O) groups is 1. The molecule has 1 N–H and O–H groups in total. The van der Waals surface area contributed by atoms with E-state index in [1.807, 2.05) is 31.2 Å². The predicted molar refractivity (Wildman–Crippen MR) is 80.5 cm³/mol. The first-order chi connectivity index (χ1) is 9.56. The van der Waals surface area contributed by atoms with E-state index >= 15 is 0 Å². The molecule has 0 saturated carbocycles. The molecule has 0 amide bonds. The highest BCUT2D eigenvalue weighted by molar-refractivity contribution is 9.10. The molecule has 0 aliphatic rings. The Kier molecular flexibility index (Phi) is 3.06. The summed E-state index contributed by atoms with van der Waals surface area (Å²) in [6, 6.07) is 12.9. The van der Waals surface area contributed by atoms with Crippen LogP contribution in [0.15, 0.2) is 47.1 Å². The lowest BCUT2D eigenvalue weighted by Crippen LogP contribution is -1.99. The lowest BCUT2D eigenvalue weighted by Gasteiger charge is -2.04. The molecular weight excluding hydrogens is 320 g/mol. The summed E-state index contributed by atoms with van der Waals surface area (Å²) in [6.45, 7) is 2.02. The number of nitrogens with zero attached hydrogens (tertiary/aromatic N) is 2. The molecule has 2 aromatic carbocycles. The molecule has 0 aliphatic heterocycles. The van der Waals surface area contributed by atoms with Crippen LogP contribution >= 0.6 is 15.9 Å². The van der Waals surface area contributed by atoms with Gasteiger partial charge in [0.15, 0.2) is 0 Å². The van der Waals surface area contributed by atoms with Crippen LogP contribution in [0.3, 0.4) is 0 Å². The Labute approximate surface area is 123 Å². The van der Waals surface area contributed by atoms with Crippen LogP contribution < -0.4 is 0 Å². The maximum absolute atomic E-state index is 11.1. The highest BCUT2D eigenvalue weighted by Crippen LogP contribution is 2.27. The van der Waals surface area contributed by atoms with Gasteiger partial charge in [0.1, 0.15) is 4.60 Å². The molecule has 0 atom stereocenters. The van der Waals surface area contributed by atoms with Crippen molar-refractivity contribution < 1.29 is 9.90 Å². The van der Waals surface area contributed by atoms with Crippen molar-refractivity contribution in [1.29, 1.82) is 0 Å². The zero-order valence-corrected chi connectivity index (χ0v) is 12.3. The van der Waals surface area contributed by atoms with Crippen LogP contribution in [-0.2, 0) is 0 Å². The SMILES string of the molecule is Cc1ccc(-n2nc(Br)c3ccc(C(=O)O)cc32)cc1. The normalized spacial score (nSPS) is 10.9. The van der Waals surface area contributed by atoms with Gasteiger partial charge in [0, 0.05) is 5.39 Å². The van der Waals surface area contributed by atoms with E-state index in [0.29, 0.717) is 4.60 Å². The summed E-state index contributed by atoms with van der Waals surface area (Å²) in [7, 11) is 0. The number of aryl methyl sites for hydroxylation is 1. The van der Waals surface area contributed by atoms with Gasteiger partial charge in [-0.1, -0.05) is 17.7 Å². The highest BCUT2D eigenvalue weighted by Gasteiger charge is 2.12. The van der Waals surface area contributed by atoms with E-state index in [9.17, 15) is 4.79 Å². The molecule has 100 valence electrons. The zero-order valence-electron chi connectivity index (χ0n) is 10.7. The standard InChI is InChI=1S/C15H11BrN2O2/c1-9-2-5-11(6-3-9)18-13-8-10(15(19)20)4-7-12(13)14(16)17-18/h2-8H,1H3,(H,19,20). The van der Waals surface area contributed by atoms with Gasteiger partial charge in [0.25, 0.3) is 0 Å². The molecule has 0 bridgehead atoms. The summed E-state index contributed by atoms with van der Waals surface area (Å²) in [5, 5.41) is 14.4. The van der Waals surface area contributed by atoms with E-state index in [0.717, 1.165) is 22.2 Å². The Hall–Kier alpha value is -2.14. The smallest absolute Gasteiger partial charge is 0.335 e. The van der Waals surface area contributed by atoms with Gasteiger partial charge in [-0.2, -0.15) is 5.10 Å². The van der Waals surface area contributed by atoms with E-state index in [1.54, 1.807) is 22.9 Å². The van der Waals surface area contributed by atoms with Gasteiger partial charge in [-0.15, -0.1) is 0 Å². The molecule has 4 nitrogen and oxygen atoms in total. The van der Waals surface area contributed by atoms with Gasteiger partial charge < -0.3 is 5.11 Å². The minimum Gasteiger partial charge on any atom is -0.478 e. The molecule has 0 saturated heterocycles. The Morgan fingerprint density at radius 3 is 2.55 bits per heavy atom. The van der Waals surface area contributed by atoms with E-state index in [4.69, 9.17) is 5.11 Å². The topological polar surface area (TPSA) is 55.1 Å². The summed E-state index contributed by atoms with van der Waals surface area (Å²) in [6.07, 6.45) is 0. The van der Waals surface area contributed by atoms with Crippen molar-refractivity contribution in [2.75, 3.05) is 0 Å². The largest absolute Gasteiger partial charge is 0.478 e. The van der Waals surface area contributed by atoms with Crippen LogP contribution in [0.4, 0.5) is 0 Å². The molecule has 0 unspecified atom stereocenters. The van der Waals surface area contributed by atoms with Gasteiger partial charge in [-0.05, 0) is 53.2 Å². The Morgan fingerprint density at radius 2 is 1.90 bits per heavy atom. The minimum absolute atomic E-state index is 0.248. The first-order valence-electron chi connectivity index (χ1n) is 6.05. The molecule has 1 aromatic heterocycles. The third kappa shape index (κ3) is 2.10. The van der Waals surface area contributed by atoms with Crippen LogP contribution in [0.5, 0.6) is 0 Å². The van der Waals surface area contributed by atoms with E-state index < -0.39 is 5.97 Å². The third-order valence-electron chi connectivity index (χ3n) is 3.16. The van der Waals surface area contributed by atoms with Gasteiger partial charge in [-0.25, -0.2) is 9.48 Å². The van der Waals surface area contributed by atoms with E-state index in [1.165, 1.54) is 0 Å². The zero-order chi connectivity index (χ0) is 14.3. The molecule has 0 aliphatic carbocycles. The highest BCUT2D eigenvalue weighted by atomic mass is 79.9. The maximum Gasteiger partial charge on any atom is 0.335 e. The fraction of sp³-hybridized carbons (Fsp3) is 0.0667. The molecular formula is C15H11BrN2O2. The number of hydrogen-bond donors (Lipinski definition) is 1. The lowest BCUT2D eigenvalue weighted by molar-refractivity contribution is 0.0697. The quantitative estimate of drug-likeness (QED) is 0.777. The summed E-state index contributed by atoms with van der Waals surface area (Å²) in [4.78, 5) is 11.1. The fourth-order valence-electron chi connectivity index (χ4n) is 2.09. The summed E-state index contributed by atoms with van der Waals surface area (Å²) in [5.41, 5.74) is 3.07. The second-order valence-electron chi connectivity index (χ2n) is 4.58. The van der Waals surface area contributed by atoms with Crippen molar-refractivity contribution in [3.63, 3.8) is 0 Å².